The Hall–Kier alpha value is -0.860. The maximum absolute atomic E-state index is 6.46. The van der Waals surface area contributed by atoms with Crippen LogP contribution in [0.5, 0.6) is 0 Å². The van der Waals surface area contributed by atoms with Crippen LogP contribution in [0.25, 0.3) is 0 Å². The summed E-state index contributed by atoms with van der Waals surface area (Å²) in [4.78, 5) is 0. The van der Waals surface area contributed by atoms with Gasteiger partial charge in [-0.2, -0.15) is 0 Å². The van der Waals surface area contributed by atoms with Crippen molar-refractivity contribution >= 4 is 0 Å². The van der Waals surface area contributed by atoms with Crippen LogP contribution in [0.2, 0.25) is 0 Å². The Morgan fingerprint density at radius 1 is 1.22 bits per heavy atom. The summed E-state index contributed by atoms with van der Waals surface area (Å²) in [5.74, 6) is 0.704. The standard InChI is InChI=1S/C16H25NO/c1-2-18-13-12-16(17)10-8-15(9-11-16)14-6-4-3-5-7-14/h3-7,15H,2,8-13,17H2,1H3. The maximum Gasteiger partial charge on any atom is 0.0483 e. The molecule has 1 aliphatic rings. The van der Waals surface area contributed by atoms with Crippen LogP contribution in [0, 0.1) is 0 Å². The van der Waals surface area contributed by atoms with Gasteiger partial charge >= 0.3 is 0 Å². The molecule has 18 heavy (non-hydrogen) atoms. The number of nitrogens with two attached hydrogens (primary N) is 1. The lowest BCUT2D eigenvalue weighted by atomic mass is 9.73. The van der Waals surface area contributed by atoms with Gasteiger partial charge in [-0.15, -0.1) is 0 Å². The van der Waals surface area contributed by atoms with E-state index >= 15 is 0 Å². The number of hydrogen-bond donors (Lipinski definition) is 1. The van der Waals surface area contributed by atoms with E-state index in [1.807, 2.05) is 6.92 Å². The molecule has 0 heterocycles. The summed E-state index contributed by atoms with van der Waals surface area (Å²) in [6.45, 7) is 3.64. The zero-order valence-corrected chi connectivity index (χ0v) is 11.4. The molecular formula is C16H25NO. The van der Waals surface area contributed by atoms with E-state index in [2.05, 4.69) is 30.3 Å². The fraction of sp³-hybridized carbons (Fsp3) is 0.625. The molecule has 0 amide bonds. The van der Waals surface area contributed by atoms with Gasteiger partial charge in [0.05, 0.1) is 0 Å². The quantitative estimate of drug-likeness (QED) is 0.809. The lowest BCUT2D eigenvalue weighted by molar-refractivity contribution is 0.113. The molecule has 2 nitrogen and oxygen atoms in total. The SMILES string of the molecule is CCOCCC1(N)CCC(c2ccccc2)CC1. The van der Waals surface area contributed by atoms with Crippen LogP contribution in [-0.4, -0.2) is 18.8 Å². The fourth-order valence-corrected chi connectivity index (χ4v) is 2.92. The second kappa shape index (κ2) is 6.35. The second-order valence-electron chi connectivity index (χ2n) is 5.49. The monoisotopic (exact) mass is 247 g/mol. The lowest BCUT2D eigenvalue weighted by Gasteiger charge is -2.37. The van der Waals surface area contributed by atoms with E-state index in [4.69, 9.17) is 10.5 Å². The van der Waals surface area contributed by atoms with Crippen molar-refractivity contribution in [3.8, 4) is 0 Å². The minimum atomic E-state index is 0.0143. The molecule has 2 heteroatoms. The van der Waals surface area contributed by atoms with E-state index in [1.54, 1.807) is 0 Å². The highest BCUT2D eigenvalue weighted by Crippen LogP contribution is 2.38. The third-order valence-corrected chi connectivity index (χ3v) is 4.20. The third kappa shape index (κ3) is 3.56. The van der Waals surface area contributed by atoms with Gasteiger partial charge in [-0.25, -0.2) is 0 Å². The summed E-state index contributed by atoms with van der Waals surface area (Å²) in [5, 5.41) is 0. The minimum Gasteiger partial charge on any atom is -0.382 e. The molecule has 0 atom stereocenters. The largest absolute Gasteiger partial charge is 0.382 e. The Morgan fingerprint density at radius 3 is 2.50 bits per heavy atom. The minimum absolute atomic E-state index is 0.0143. The average molecular weight is 247 g/mol. The smallest absolute Gasteiger partial charge is 0.0483 e. The molecule has 100 valence electrons. The van der Waals surface area contributed by atoms with Crippen LogP contribution in [-0.2, 0) is 4.74 Å². The summed E-state index contributed by atoms with van der Waals surface area (Å²) < 4.78 is 5.43. The third-order valence-electron chi connectivity index (χ3n) is 4.20. The van der Waals surface area contributed by atoms with Gasteiger partial charge in [-0.3, -0.25) is 0 Å². The summed E-state index contributed by atoms with van der Waals surface area (Å²) in [6, 6.07) is 10.8. The predicted molar refractivity (Wildman–Crippen MR) is 75.7 cm³/mol. The van der Waals surface area contributed by atoms with Crippen molar-refractivity contribution < 1.29 is 4.74 Å². The van der Waals surface area contributed by atoms with Crippen molar-refractivity contribution in [2.24, 2.45) is 5.73 Å². The van der Waals surface area contributed by atoms with Gasteiger partial charge in [-0.05, 0) is 50.5 Å². The van der Waals surface area contributed by atoms with Crippen molar-refractivity contribution in [3.05, 3.63) is 35.9 Å². The molecule has 2 N–H and O–H groups in total. The summed E-state index contributed by atoms with van der Waals surface area (Å²) in [7, 11) is 0. The highest BCUT2D eigenvalue weighted by molar-refractivity contribution is 5.20. The first-order valence-corrected chi connectivity index (χ1v) is 7.15. The number of ether oxygens (including phenoxy) is 1. The van der Waals surface area contributed by atoms with Crippen molar-refractivity contribution in [1.29, 1.82) is 0 Å². The zero-order chi connectivity index (χ0) is 12.8. The normalized spacial score (nSPS) is 28.2. The first kappa shape index (κ1) is 13.6. The number of benzene rings is 1. The van der Waals surface area contributed by atoms with Crippen LogP contribution < -0.4 is 5.73 Å². The van der Waals surface area contributed by atoms with E-state index in [1.165, 1.54) is 18.4 Å². The summed E-state index contributed by atoms with van der Waals surface area (Å²) >= 11 is 0. The lowest BCUT2D eigenvalue weighted by Crippen LogP contribution is -2.43. The first-order chi connectivity index (χ1) is 8.73. The van der Waals surface area contributed by atoms with Gasteiger partial charge in [-0.1, -0.05) is 30.3 Å². The van der Waals surface area contributed by atoms with Gasteiger partial charge in [0.1, 0.15) is 0 Å². The average Bonchev–Trinajstić information content (AvgIpc) is 2.41. The Balaban J connectivity index is 1.84. The predicted octanol–water partition coefficient (Wildman–Crippen LogP) is 3.47. The Bertz CT molecular complexity index is 341. The highest BCUT2D eigenvalue weighted by Gasteiger charge is 2.31. The van der Waals surface area contributed by atoms with E-state index in [9.17, 15) is 0 Å². The summed E-state index contributed by atoms with van der Waals surface area (Å²) in [6.07, 6.45) is 5.68. The second-order valence-corrected chi connectivity index (χ2v) is 5.49. The molecule has 0 spiro atoms. The van der Waals surface area contributed by atoms with Crippen molar-refractivity contribution in [2.45, 2.75) is 50.5 Å². The van der Waals surface area contributed by atoms with Crippen molar-refractivity contribution in [3.63, 3.8) is 0 Å². The molecule has 1 saturated carbocycles. The van der Waals surface area contributed by atoms with Crippen LogP contribution in [0.3, 0.4) is 0 Å². The molecule has 0 bridgehead atoms. The van der Waals surface area contributed by atoms with Crippen LogP contribution in [0.15, 0.2) is 30.3 Å². The van der Waals surface area contributed by atoms with Crippen LogP contribution in [0.4, 0.5) is 0 Å². The van der Waals surface area contributed by atoms with E-state index in [0.717, 1.165) is 32.5 Å². The molecule has 0 aliphatic heterocycles. The van der Waals surface area contributed by atoms with Crippen molar-refractivity contribution in [1.82, 2.24) is 0 Å². The Morgan fingerprint density at radius 2 is 1.89 bits per heavy atom. The molecule has 0 radical (unpaired) electrons. The molecule has 1 aliphatic carbocycles. The maximum atomic E-state index is 6.46. The van der Waals surface area contributed by atoms with E-state index in [-0.39, 0.29) is 5.54 Å². The summed E-state index contributed by atoms with van der Waals surface area (Å²) in [5.41, 5.74) is 7.95. The molecular weight excluding hydrogens is 222 g/mol. The van der Waals surface area contributed by atoms with Crippen LogP contribution >= 0.6 is 0 Å². The number of rotatable bonds is 5. The molecule has 1 aromatic rings. The Kier molecular flexibility index (Phi) is 4.79. The molecule has 1 aromatic carbocycles. The van der Waals surface area contributed by atoms with E-state index < -0.39 is 0 Å². The Labute approximate surface area is 111 Å². The van der Waals surface area contributed by atoms with Gasteiger partial charge in [0.25, 0.3) is 0 Å². The van der Waals surface area contributed by atoms with Crippen molar-refractivity contribution in [2.75, 3.05) is 13.2 Å². The van der Waals surface area contributed by atoms with Crippen LogP contribution in [0.1, 0.15) is 50.5 Å². The topological polar surface area (TPSA) is 35.2 Å². The molecule has 0 saturated heterocycles. The number of hydrogen-bond acceptors (Lipinski definition) is 2. The van der Waals surface area contributed by atoms with E-state index in [0.29, 0.717) is 5.92 Å². The highest BCUT2D eigenvalue weighted by atomic mass is 16.5. The molecule has 2 rings (SSSR count). The fourth-order valence-electron chi connectivity index (χ4n) is 2.92. The first-order valence-electron chi connectivity index (χ1n) is 7.15. The van der Waals surface area contributed by atoms with Gasteiger partial charge < -0.3 is 10.5 Å². The molecule has 0 aromatic heterocycles. The van der Waals surface area contributed by atoms with Gasteiger partial charge in [0, 0.05) is 18.8 Å². The zero-order valence-electron chi connectivity index (χ0n) is 11.4. The molecule has 0 unspecified atom stereocenters. The van der Waals surface area contributed by atoms with Gasteiger partial charge in [0.2, 0.25) is 0 Å². The van der Waals surface area contributed by atoms with Gasteiger partial charge in [0.15, 0.2) is 0 Å². The molecule has 1 fully saturated rings.